The van der Waals surface area contributed by atoms with Crippen LogP contribution in [0.5, 0.6) is 0 Å². The quantitative estimate of drug-likeness (QED) is 0.553. The summed E-state index contributed by atoms with van der Waals surface area (Å²) < 4.78 is 26.4. The van der Waals surface area contributed by atoms with Crippen molar-refractivity contribution in [1.29, 1.82) is 0 Å². The van der Waals surface area contributed by atoms with Crippen molar-refractivity contribution in [2.24, 2.45) is 4.99 Å². The van der Waals surface area contributed by atoms with Gasteiger partial charge in [0.15, 0.2) is 10.7 Å². The Hall–Kier alpha value is -3.46. The molecule has 0 aliphatic carbocycles. The van der Waals surface area contributed by atoms with Crippen molar-refractivity contribution in [1.82, 2.24) is 4.57 Å². The fraction of sp³-hybridized carbons (Fsp3) is 0.261. The standard InChI is InChI=1S/C23H22FN3O4S/c1-5-30-22(29)19-13(2)25-23-27(20(19)14-6-8-15(24)9-7-14)21(28)17(32-23)12-16-10-11-18(31-16)26(3)4/h6-12,20H,5H2,1-4H3/t20-/m0/s1. The molecule has 0 radical (unpaired) electrons. The van der Waals surface area contributed by atoms with Gasteiger partial charge in [-0.25, -0.2) is 14.2 Å². The van der Waals surface area contributed by atoms with Crippen molar-refractivity contribution >= 4 is 29.3 Å². The van der Waals surface area contributed by atoms with Gasteiger partial charge < -0.3 is 14.1 Å². The number of rotatable bonds is 5. The second kappa shape index (κ2) is 8.58. The topological polar surface area (TPSA) is 77.0 Å². The molecule has 166 valence electrons. The lowest BCUT2D eigenvalue weighted by atomic mass is 9.96. The first-order valence-electron chi connectivity index (χ1n) is 10.0. The predicted molar refractivity (Wildman–Crippen MR) is 120 cm³/mol. The first-order chi connectivity index (χ1) is 15.3. The Labute approximate surface area is 187 Å². The van der Waals surface area contributed by atoms with Gasteiger partial charge in [0, 0.05) is 26.2 Å². The average Bonchev–Trinajstić information content (AvgIpc) is 3.33. The second-order valence-corrected chi connectivity index (χ2v) is 8.43. The second-order valence-electron chi connectivity index (χ2n) is 7.42. The number of carbonyl (C=O) groups is 1. The summed E-state index contributed by atoms with van der Waals surface area (Å²) in [6, 6.07) is 8.54. The summed E-state index contributed by atoms with van der Waals surface area (Å²) in [5.41, 5.74) is 0.980. The number of hydrogen-bond donors (Lipinski definition) is 0. The highest BCUT2D eigenvalue weighted by atomic mass is 32.1. The summed E-state index contributed by atoms with van der Waals surface area (Å²) >= 11 is 1.20. The molecule has 0 N–H and O–H groups in total. The van der Waals surface area contributed by atoms with Gasteiger partial charge in [-0.2, -0.15) is 0 Å². The van der Waals surface area contributed by atoms with Crippen LogP contribution in [0.2, 0.25) is 0 Å². The third-order valence-corrected chi connectivity index (χ3v) is 6.01. The summed E-state index contributed by atoms with van der Waals surface area (Å²) in [7, 11) is 3.72. The van der Waals surface area contributed by atoms with E-state index in [9.17, 15) is 14.0 Å². The van der Waals surface area contributed by atoms with Gasteiger partial charge in [0.2, 0.25) is 0 Å². The molecule has 0 saturated carbocycles. The van der Waals surface area contributed by atoms with E-state index in [1.54, 1.807) is 38.1 Å². The minimum Gasteiger partial charge on any atom is -0.463 e. The molecule has 1 aliphatic rings. The maximum Gasteiger partial charge on any atom is 0.338 e. The molecule has 0 spiro atoms. The van der Waals surface area contributed by atoms with Crippen LogP contribution in [0.15, 0.2) is 61.9 Å². The van der Waals surface area contributed by atoms with Crippen LogP contribution in [0.4, 0.5) is 10.3 Å². The third-order valence-electron chi connectivity index (χ3n) is 5.03. The van der Waals surface area contributed by atoms with Crippen LogP contribution in [0.3, 0.4) is 0 Å². The third kappa shape index (κ3) is 3.91. The summed E-state index contributed by atoms with van der Waals surface area (Å²) in [6.07, 6.45) is 1.65. The minimum atomic E-state index is -0.776. The SMILES string of the molecule is CCOC(=O)C1=C(C)N=c2sc(=Cc3ccc(N(C)C)o3)c(=O)n2[C@H]1c1ccc(F)cc1. The van der Waals surface area contributed by atoms with E-state index in [4.69, 9.17) is 9.15 Å². The van der Waals surface area contributed by atoms with Crippen LogP contribution < -0.4 is 19.8 Å². The Morgan fingerprint density at radius 1 is 1.28 bits per heavy atom. The Bertz CT molecular complexity index is 1380. The zero-order chi connectivity index (χ0) is 23.0. The lowest BCUT2D eigenvalue weighted by molar-refractivity contribution is -0.139. The zero-order valence-corrected chi connectivity index (χ0v) is 18.9. The molecule has 0 amide bonds. The van der Waals surface area contributed by atoms with Crippen LogP contribution in [-0.4, -0.2) is 31.2 Å². The van der Waals surface area contributed by atoms with Crippen molar-refractivity contribution in [3.8, 4) is 0 Å². The lowest BCUT2D eigenvalue weighted by Gasteiger charge is -2.24. The van der Waals surface area contributed by atoms with Gasteiger partial charge in [0.25, 0.3) is 5.56 Å². The Morgan fingerprint density at radius 2 is 2.00 bits per heavy atom. The number of fused-ring (bicyclic) bond motifs is 1. The van der Waals surface area contributed by atoms with Crippen molar-refractivity contribution in [2.45, 2.75) is 19.9 Å². The van der Waals surface area contributed by atoms with Crippen LogP contribution in [0, 0.1) is 5.82 Å². The van der Waals surface area contributed by atoms with Crippen molar-refractivity contribution in [3.05, 3.63) is 84.5 Å². The Morgan fingerprint density at radius 3 is 2.62 bits per heavy atom. The normalized spacial score (nSPS) is 16.0. The number of esters is 1. The predicted octanol–water partition coefficient (Wildman–Crippen LogP) is 2.60. The van der Waals surface area contributed by atoms with Gasteiger partial charge in [0.1, 0.15) is 11.6 Å². The van der Waals surface area contributed by atoms with E-state index in [2.05, 4.69) is 4.99 Å². The van der Waals surface area contributed by atoms with Crippen LogP contribution in [-0.2, 0) is 9.53 Å². The molecular weight excluding hydrogens is 433 g/mol. The molecule has 0 unspecified atom stereocenters. The molecule has 1 aliphatic heterocycles. The Balaban J connectivity index is 1.92. The van der Waals surface area contributed by atoms with Crippen LogP contribution in [0.25, 0.3) is 6.08 Å². The monoisotopic (exact) mass is 455 g/mol. The minimum absolute atomic E-state index is 0.183. The Kier molecular flexibility index (Phi) is 5.84. The molecular formula is C23H22FN3O4S. The highest BCUT2D eigenvalue weighted by molar-refractivity contribution is 7.07. The van der Waals surface area contributed by atoms with Gasteiger partial charge in [-0.1, -0.05) is 23.5 Å². The number of aromatic nitrogens is 1. The molecule has 9 heteroatoms. The van der Waals surface area contributed by atoms with Gasteiger partial charge in [-0.15, -0.1) is 0 Å². The number of nitrogens with zero attached hydrogens (tertiary/aromatic N) is 3. The lowest BCUT2D eigenvalue weighted by Crippen LogP contribution is -2.39. The van der Waals surface area contributed by atoms with E-state index in [0.717, 1.165) is 0 Å². The maximum atomic E-state index is 13.6. The van der Waals surface area contributed by atoms with Crippen molar-refractivity contribution in [3.63, 3.8) is 0 Å². The molecule has 0 fully saturated rings. The first kappa shape index (κ1) is 21.8. The highest BCUT2D eigenvalue weighted by Gasteiger charge is 2.33. The number of halogens is 1. The number of carbonyl (C=O) groups excluding carboxylic acids is 1. The largest absolute Gasteiger partial charge is 0.463 e. The number of furan rings is 1. The fourth-order valence-electron chi connectivity index (χ4n) is 3.54. The van der Waals surface area contributed by atoms with E-state index in [1.807, 2.05) is 25.1 Å². The van der Waals surface area contributed by atoms with Crippen molar-refractivity contribution in [2.75, 3.05) is 25.6 Å². The summed E-state index contributed by atoms with van der Waals surface area (Å²) in [5, 5.41) is 0. The van der Waals surface area contributed by atoms with Gasteiger partial charge >= 0.3 is 5.97 Å². The molecule has 3 heterocycles. The number of hydrogen-bond acceptors (Lipinski definition) is 7. The van der Waals surface area contributed by atoms with E-state index >= 15 is 0 Å². The van der Waals surface area contributed by atoms with E-state index in [1.165, 1.54) is 28.0 Å². The molecule has 1 aromatic carbocycles. The van der Waals surface area contributed by atoms with Crippen molar-refractivity contribution < 1.29 is 18.3 Å². The molecule has 32 heavy (non-hydrogen) atoms. The molecule has 4 rings (SSSR count). The summed E-state index contributed by atoms with van der Waals surface area (Å²) in [4.78, 5) is 33.0. The number of ether oxygens (including phenoxy) is 1. The number of allylic oxidation sites excluding steroid dienone is 1. The van der Waals surface area contributed by atoms with Crippen LogP contribution >= 0.6 is 11.3 Å². The van der Waals surface area contributed by atoms with E-state index in [-0.39, 0.29) is 17.7 Å². The highest BCUT2D eigenvalue weighted by Crippen LogP contribution is 2.30. The molecule has 2 aromatic heterocycles. The van der Waals surface area contributed by atoms with E-state index in [0.29, 0.717) is 32.2 Å². The maximum absolute atomic E-state index is 13.6. The molecule has 0 bridgehead atoms. The fourth-order valence-corrected chi connectivity index (χ4v) is 4.57. The number of benzene rings is 1. The van der Waals surface area contributed by atoms with E-state index < -0.39 is 17.8 Å². The van der Waals surface area contributed by atoms with Gasteiger partial charge in [-0.3, -0.25) is 9.36 Å². The molecule has 1 atom stereocenters. The number of thiazole rings is 1. The first-order valence-corrected chi connectivity index (χ1v) is 10.8. The average molecular weight is 456 g/mol. The zero-order valence-electron chi connectivity index (χ0n) is 18.1. The summed E-state index contributed by atoms with van der Waals surface area (Å²) in [6.45, 7) is 3.60. The van der Waals surface area contributed by atoms with Gasteiger partial charge in [0.05, 0.1) is 28.5 Å². The van der Waals surface area contributed by atoms with Gasteiger partial charge in [-0.05, 0) is 37.6 Å². The smallest absolute Gasteiger partial charge is 0.338 e. The molecule has 0 saturated heterocycles. The number of anilines is 1. The molecule has 3 aromatic rings. The summed E-state index contributed by atoms with van der Waals surface area (Å²) in [5.74, 6) is 0.223. The molecule has 7 nitrogen and oxygen atoms in total. The van der Waals surface area contributed by atoms with Crippen LogP contribution in [0.1, 0.15) is 31.2 Å².